The largest absolute Gasteiger partial charge is 0.504 e. The third-order valence-corrected chi connectivity index (χ3v) is 13.3. The molecule has 5 aliphatic carbocycles. The van der Waals surface area contributed by atoms with E-state index in [-0.39, 0.29) is 28.6 Å². The fraction of sp³-hybridized carbons (Fsp3) is 0.688. The van der Waals surface area contributed by atoms with Gasteiger partial charge in [0.1, 0.15) is 11.7 Å². The molecule has 204 valence electrons. The lowest BCUT2D eigenvalue weighted by Crippen LogP contribution is -2.82. The molecule has 4 bridgehead atoms. The van der Waals surface area contributed by atoms with Crippen LogP contribution < -0.4 is 4.74 Å². The first-order valence-electron chi connectivity index (χ1n) is 14.9. The molecular formula is C32H41NO4S. The molecule has 1 aromatic heterocycles. The van der Waals surface area contributed by atoms with Crippen molar-refractivity contribution in [2.75, 3.05) is 20.2 Å². The van der Waals surface area contributed by atoms with Crippen molar-refractivity contribution in [2.45, 2.75) is 99.9 Å². The number of aromatic hydroxyl groups is 1. The number of benzene rings is 1. The highest BCUT2D eigenvalue weighted by Crippen LogP contribution is 2.77. The Labute approximate surface area is 230 Å². The van der Waals surface area contributed by atoms with Crippen LogP contribution in [0.2, 0.25) is 0 Å². The van der Waals surface area contributed by atoms with Gasteiger partial charge < -0.3 is 19.7 Å². The standard InChI is InChI=1S/C32H41NO4S/c1-29(35,11-10-22-7-4-16-38-22)24-18-30-12-13-32(24,36-2)28-31(30)14-15-33(19-20-5-3-6-20)25(30)17-21-8-9-23(34)27(37-28)26(21)31/h4,7-9,16,20,24-25,28,34-35H,3,5-6,10-15,17-19H2,1-2H3. The van der Waals surface area contributed by atoms with Gasteiger partial charge in [-0.15, -0.1) is 11.3 Å². The van der Waals surface area contributed by atoms with E-state index in [4.69, 9.17) is 9.47 Å². The SMILES string of the molecule is COC12CCC3(CC1C(C)(O)CCc1cccs1)C1Cc4ccc(O)c5c4C3(CCN1CC1CCC1)C2O5. The maximum Gasteiger partial charge on any atom is 0.165 e. The summed E-state index contributed by atoms with van der Waals surface area (Å²) < 4.78 is 13.6. The minimum Gasteiger partial charge on any atom is -0.504 e. The summed E-state index contributed by atoms with van der Waals surface area (Å²) in [6.07, 6.45) is 10.6. The molecule has 2 aromatic rings. The molecule has 5 nitrogen and oxygen atoms in total. The van der Waals surface area contributed by atoms with E-state index in [0.29, 0.717) is 11.8 Å². The number of nitrogens with zero attached hydrogens (tertiary/aromatic N) is 1. The van der Waals surface area contributed by atoms with Crippen molar-refractivity contribution in [3.05, 3.63) is 45.6 Å². The second-order valence-electron chi connectivity index (χ2n) is 13.7. The van der Waals surface area contributed by atoms with Gasteiger partial charge in [0, 0.05) is 46.9 Å². The van der Waals surface area contributed by atoms with Crippen LogP contribution in [0, 0.1) is 17.3 Å². The fourth-order valence-corrected chi connectivity index (χ4v) is 11.2. The highest BCUT2D eigenvalue weighted by atomic mass is 32.1. The summed E-state index contributed by atoms with van der Waals surface area (Å²) >= 11 is 1.78. The number of fused-ring (bicyclic) bond motifs is 2. The van der Waals surface area contributed by atoms with Gasteiger partial charge >= 0.3 is 0 Å². The second-order valence-corrected chi connectivity index (χ2v) is 14.7. The van der Waals surface area contributed by atoms with Gasteiger partial charge in [-0.1, -0.05) is 18.6 Å². The summed E-state index contributed by atoms with van der Waals surface area (Å²) in [5.41, 5.74) is 1.10. The molecule has 7 atom stereocenters. The summed E-state index contributed by atoms with van der Waals surface area (Å²) in [4.78, 5) is 4.18. The van der Waals surface area contributed by atoms with E-state index in [2.05, 4.69) is 35.4 Å². The van der Waals surface area contributed by atoms with Crippen molar-refractivity contribution in [2.24, 2.45) is 17.3 Å². The molecule has 9 rings (SSSR count). The van der Waals surface area contributed by atoms with Gasteiger partial charge in [0.15, 0.2) is 11.5 Å². The molecule has 2 spiro atoms. The van der Waals surface area contributed by atoms with Gasteiger partial charge in [0.25, 0.3) is 0 Å². The number of phenolic OH excluding ortho intramolecular Hbond substituents is 1. The number of rotatable bonds is 7. The van der Waals surface area contributed by atoms with E-state index in [1.165, 1.54) is 41.8 Å². The maximum atomic E-state index is 12.3. The molecule has 3 heterocycles. The van der Waals surface area contributed by atoms with Gasteiger partial charge in [0.05, 0.1) is 5.60 Å². The molecule has 4 saturated carbocycles. The maximum absolute atomic E-state index is 12.3. The minimum absolute atomic E-state index is 0.0176. The molecule has 1 saturated heterocycles. The number of aryl methyl sites for hydroxylation is 1. The predicted molar refractivity (Wildman–Crippen MR) is 148 cm³/mol. The number of piperidine rings is 1. The third kappa shape index (κ3) is 2.83. The van der Waals surface area contributed by atoms with Crippen LogP contribution in [0.4, 0.5) is 0 Å². The summed E-state index contributed by atoms with van der Waals surface area (Å²) in [7, 11) is 1.84. The molecule has 6 heteroatoms. The Kier molecular flexibility index (Phi) is 5.09. The van der Waals surface area contributed by atoms with E-state index in [1.807, 2.05) is 13.2 Å². The number of hydrogen-bond acceptors (Lipinski definition) is 6. The molecule has 0 radical (unpaired) electrons. The van der Waals surface area contributed by atoms with Crippen molar-refractivity contribution in [3.63, 3.8) is 0 Å². The van der Waals surface area contributed by atoms with Crippen LogP contribution >= 0.6 is 11.3 Å². The van der Waals surface area contributed by atoms with Crippen molar-refractivity contribution >= 4 is 11.3 Å². The summed E-state index contributed by atoms with van der Waals surface area (Å²) in [5.74, 6) is 1.80. The number of likely N-dealkylation sites (tertiary alicyclic amines) is 1. The number of thiophene rings is 1. The summed E-state index contributed by atoms with van der Waals surface area (Å²) in [5, 5.41) is 25.5. The van der Waals surface area contributed by atoms with Crippen LogP contribution in [0.1, 0.15) is 74.3 Å². The molecule has 38 heavy (non-hydrogen) atoms. The zero-order valence-corrected chi connectivity index (χ0v) is 23.6. The molecule has 0 amide bonds. The summed E-state index contributed by atoms with van der Waals surface area (Å²) in [6, 6.07) is 8.76. The van der Waals surface area contributed by atoms with Crippen LogP contribution in [0.25, 0.3) is 0 Å². The third-order valence-electron chi connectivity index (χ3n) is 12.4. The van der Waals surface area contributed by atoms with E-state index < -0.39 is 11.2 Å². The molecule has 1 aromatic carbocycles. The lowest BCUT2D eigenvalue weighted by atomic mass is 9.33. The number of ether oxygens (including phenoxy) is 2. The van der Waals surface area contributed by atoms with Crippen LogP contribution in [0.3, 0.4) is 0 Å². The smallest absolute Gasteiger partial charge is 0.165 e. The van der Waals surface area contributed by atoms with Crippen molar-refractivity contribution in [1.82, 2.24) is 4.90 Å². The zero-order chi connectivity index (χ0) is 25.9. The van der Waals surface area contributed by atoms with Gasteiger partial charge in [-0.3, -0.25) is 4.90 Å². The molecule has 7 aliphatic rings. The quantitative estimate of drug-likeness (QED) is 0.494. The van der Waals surface area contributed by atoms with Crippen molar-refractivity contribution in [3.8, 4) is 11.5 Å². The van der Waals surface area contributed by atoms with E-state index >= 15 is 0 Å². The molecular weight excluding hydrogens is 494 g/mol. The highest BCUT2D eigenvalue weighted by molar-refractivity contribution is 7.09. The Morgan fingerprint density at radius 1 is 1.21 bits per heavy atom. The van der Waals surface area contributed by atoms with Crippen molar-refractivity contribution in [1.29, 1.82) is 0 Å². The number of phenols is 1. The highest BCUT2D eigenvalue weighted by Gasteiger charge is 2.81. The minimum atomic E-state index is -0.872. The lowest BCUT2D eigenvalue weighted by molar-refractivity contribution is -0.303. The van der Waals surface area contributed by atoms with Gasteiger partial charge in [-0.2, -0.15) is 0 Å². The first-order valence-corrected chi connectivity index (χ1v) is 15.8. The number of methoxy groups -OCH3 is 1. The predicted octanol–water partition coefficient (Wildman–Crippen LogP) is 5.45. The van der Waals surface area contributed by atoms with Crippen LogP contribution in [0.15, 0.2) is 29.6 Å². The van der Waals surface area contributed by atoms with E-state index in [0.717, 1.165) is 57.4 Å². The zero-order valence-electron chi connectivity index (χ0n) is 22.7. The summed E-state index contributed by atoms with van der Waals surface area (Å²) in [6.45, 7) is 4.37. The molecule has 7 unspecified atom stereocenters. The molecule has 2 aliphatic heterocycles. The van der Waals surface area contributed by atoms with E-state index in [1.54, 1.807) is 11.3 Å². The van der Waals surface area contributed by atoms with Gasteiger partial charge in [-0.25, -0.2) is 0 Å². The van der Waals surface area contributed by atoms with Gasteiger partial charge in [0.2, 0.25) is 0 Å². The monoisotopic (exact) mass is 535 g/mol. The number of aliphatic hydroxyl groups is 1. The number of hydrogen-bond donors (Lipinski definition) is 2. The topological polar surface area (TPSA) is 62.2 Å². The van der Waals surface area contributed by atoms with Crippen LogP contribution in [-0.4, -0.2) is 58.7 Å². The molecule has 2 N–H and O–H groups in total. The first-order chi connectivity index (χ1) is 18.3. The fourth-order valence-electron chi connectivity index (χ4n) is 10.5. The first kappa shape index (κ1) is 24.2. The van der Waals surface area contributed by atoms with Crippen LogP contribution in [-0.2, 0) is 23.0 Å². The Morgan fingerprint density at radius 2 is 2.08 bits per heavy atom. The van der Waals surface area contributed by atoms with Crippen LogP contribution in [0.5, 0.6) is 11.5 Å². The van der Waals surface area contributed by atoms with E-state index in [9.17, 15) is 10.2 Å². The normalized spacial score (nSPS) is 40.3. The Morgan fingerprint density at radius 3 is 2.82 bits per heavy atom. The second kappa shape index (κ2) is 7.99. The average molecular weight is 536 g/mol. The average Bonchev–Trinajstić information content (AvgIpc) is 3.54. The Hall–Kier alpha value is -1.60. The lowest BCUT2D eigenvalue weighted by Gasteiger charge is -2.75. The molecule has 5 fully saturated rings. The van der Waals surface area contributed by atoms with Gasteiger partial charge in [-0.05, 0) is 100 Å². The van der Waals surface area contributed by atoms with Crippen molar-refractivity contribution < 1.29 is 19.7 Å². The Bertz CT molecular complexity index is 1260. The Balaban J connectivity index is 1.26.